The van der Waals surface area contributed by atoms with Crippen molar-refractivity contribution in [2.24, 2.45) is 0 Å². The first-order chi connectivity index (χ1) is 12.3. The zero-order valence-corrected chi connectivity index (χ0v) is 17.4. The first-order valence-electron chi connectivity index (χ1n) is 9.17. The first-order valence-corrected chi connectivity index (χ1v) is 9.17. The van der Waals surface area contributed by atoms with Gasteiger partial charge >= 0.3 is 0 Å². The Balaban J connectivity index is 0.00000196. The molecule has 3 aromatic carbocycles. The van der Waals surface area contributed by atoms with Crippen LogP contribution in [-0.2, 0) is 20.4 Å². The molecule has 0 aliphatic heterocycles. The van der Waals surface area contributed by atoms with Crippen molar-refractivity contribution < 1.29 is 24.8 Å². The summed E-state index contributed by atoms with van der Waals surface area (Å²) < 4.78 is 14.6. The number of halogens is 1. The van der Waals surface area contributed by atoms with Crippen LogP contribution in [0.15, 0.2) is 66.7 Å². The molecule has 1 radical (unpaired) electrons. The van der Waals surface area contributed by atoms with Crippen molar-refractivity contribution in [3.8, 4) is 22.3 Å². The number of hydrogen-bond donors (Lipinski definition) is 0. The number of rotatable bonds is 3. The summed E-state index contributed by atoms with van der Waals surface area (Å²) in [5, 5.41) is 0. The standard InChI is InChI=1S/C24H22F.Re/c25-24-17-22(15-16-23(24)21-9-5-2-6-10-21)20-13-11-19(12-14-20)18-7-3-1-4-8-18;/h5-6,9-18H,1,3-4,7-8H2;/q-1;. The van der Waals surface area contributed by atoms with Gasteiger partial charge in [-0.15, -0.1) is 5.56 Å². The van der Waals surface area contributed by atoms with E-state index in [2.05, 4.69) is 30.3 Å². The first kappa shape index (κ1) is 19.0. The van der Waals surface area contributed by atoms with E-state index in [4.69, 9.17) is 0 Å². The zero-order chi connectivity index (χ0) is 17.1. The fourth-order valence-corrected chi connectivity index (χ4v) is 3.88. The Kier molecular flexibility index (Phi) is 6.41. The van der Waals surface area contributed by atoms with Crippen LogP contribution in [0.25, 0.3) is 22.3 Å². The third-order valence-electron chi connectivity index (χ3n) is 5.32. The van der Waals surface area contributed by atoms with E-state index in [1.807, 2.05) is 36.4 Å². The van der Waals surface area contributed by atoms with Crippen LogP contribution >= 0.6 is 0 Å². The minimum atomic E-state index is -0.181. The van der Waals surface area contributed by atoms with Crippen molar-refractivity contribution in [3.05, 3.63) is 84.2 Å². The minimum absolute atomic E-state index is 0. The predicted octanol–water partition coefficient (Wildman–Crippen LogP) is 7.01. The van der Waals surface area contributed by atoms with Gasteiger partial charge in [-0.1, -0.05) is 55.7 Å². The average molecular weight is 516 g/mol. The normalized spacial score (nSPS) is 14.7. The number of benzene rings is 3. The van der Waals surface area contributed by atoms with Gasteiger partial charge in [-0.05, 0) is 47.1 Å². The Morgan fingerprint density at radius 1 is 0.731 bits per heavy atom. The molecular weight excluding hydrogens is 493 g/mol. The quantitative estimate of drug-likeness (QED) is 0.329. The van der Waals surface area contributed by atoms with Crippen LogP contribution in [0.4, 0.5) is 4.39 Å². The molecular formula is C24H22FRe-. The van der Waals surface area contributed by atoms with E-state index in [0.29, 0.717) is 11.5 Å². The van der Waals surface area contributed by atoms with Crippen LogP contribution in [-0.4, -0.2) is 0 Å². The van der Waals surface area contributed by atoms with Crippen LogP contribution in [0.3, 0.4) is 0 Å². The molecule has 0 atom stereocenters. The summed E-state index contributed by atoms with van der Waals surface area (Å²) in [7, 11) is 0. The molecule has 0 spiro atoms. The van der Waals surface area contributed by atoms with E-state index >= 15 is 0 Å². The van der Waals surface area contributed by atoms with Gasteiger partial charge in [-0.3, -0.25) is 0 Å². The molecule has 2 heteroatoms. The van der Waals surface area contributed by atoms with E-state index in [9.17, 15) is 4.39 Å². The van der Waals surface area contributed by atoms with Crippen molar-refractivity contribution >= 4 is 0 Å². The Morgan fingerprint density at radius 2 is 1.38 bits per heavy atom. The second-order valence-corrected chi connectivity index (χ2v) is 6.94. The van der Waals surface area contributed by atoms with E-state index in [1.165, 1.54) is 37.7 Å². The van der Waals surface area contributed by atoms with Gasteiger partial charge in [0.15, 0.2) is 0 Å². The maximum Gasteiger partial charge on any atom is 0.129 e. The van der Waals surface area contributed by atoms with Gasteiger partial charge in [0.2, 0.25) is 0 Å². The molecule has 0 bridgehead atoms. The largest absolute Gasteiger partial charge is 0.206 e. The molecule has 26 heavy (non-hydrogen) atoms. The Morgan fingerprint density at radius 3 is 2.04 bits per heavy atom. The molecule has 0 N–H and O–H groups in total. The van der Waals surface area contributed by atoms with E-state index in [1.54, 1.807) is 6.07 Å². The summed E-state index contributed by atoms with van der Waals surface area (Å²) in [6.07, 6.45) is 6.67. The van der Waals surface area contributed by atoms with E-state index in [0.717, 1.165) is 16.7 Å². The second kappa shape index (κ2) is 8.76. The van der Waals surface area contributed by atoms with Crippen LogP contribution in [0.5, 0.6) is 0 Å². The molecule has 0 heterocycles. The van der Waals surface area contributed by atoms with Crippen molar-refractivity contribution in [3.63, 3.8) is 0 Å². The number of hydrogen-bond acceptors (Lipinski definition) is 0. The molecule has 0 amide bonds. The topological polar surface area (TPSA) is 0 Å². The third-order valence-corrected chi connectivity index (χ3v) is 5.32. The summed E-state index contributed by atoms with van der Waals surface area (Å²) in [5.41, 5.74) is 4.96. The van der Waals surface area contributed by atoms with Gasteiger partial charge in [0, 0.05) is 20.4 Å². The third kappa shape index (κ3) is 4.14. The Labute approximate surface area is 169 Å². The van der Waals surface area contributed by atoms with Crippen LogP contribution < -0.4 is 0 Å². The Bertz CT molecular complexity index is 834. The summed E-state index contributed by atoms with van der Waals surface area (Å²) in [6.45, 7) is 0. The van der Waals surface area contributed by atoms with Gasteiger partial charge in [0.25, 0.3) is 0 Å². The predicted molar refractivity (Wildman–Crippen MR) is 102 cm³/mol. The fourth-order valence-electron chi connectivity index (χ4n) is 3.88. The maximum absolute atomic E-state index is 14.6. The summed E-state index contributed by atoms with van der Waals surface area (Å²) in [4.78, 5) is 0. The van der Waals surface area contributed by atoms with Gasteiger partial charge < -0.3 is 0 Å². The smallest absolute Gasteiger partial charge is 0.129 e. The molecule has 0 saturated heterocycles. The molecule has 0 aromatic heterocycles. The summed E-state index contributed by atoms with van der Waals surface area (Å²) in [5.74, 6) is 0.525. The van der Waals surface area contributed by atoms with Gasteiger partial charge in [-0.2, -0.15) is 30.3 Å². The molecule has 133 valence electrons. The minimum Gasteiger partial charge on any atom is -0.206 e. The summed E-state index contributed by atoms with van der Waals surface area (Å²) in [6, 6.07) is 24.6. The molecule has 1 aliphatic rings. The van der Waals surface area contributed by atoms with Crippen molar-refractivity contribution in [1.82, 2.24) is 0 Å². The fraction of sp³-hybridized carbons (Fsp3) is 0.250. The van der Waals surface area contributed by atoms with Crippen LogP contribution in [0.2, 0.25) is 0 Å². The van der Waals surface area contributed by atoms with Gasteiger partial charge in [0.05, 0.1) is 0 Å². The van der Waals surface area contributed by atoms with E-state index < -0.39 is 0 Å². The van der Waals surface area contributed by atoms with Crippen molar-refractivity contribution in [2.45, 2.75) is 38.0 Å². The molecule has 3 aromatic rings. The molecule has 1 fully saturated rings. The van der Waals surface area contributed by atoms with Crippen molar-refractivity contribution in [2.75, 3.05) is 0 Å². The zero-order valence-electron chi connectivity index (χ0n) is 14.7. The van der Waals surface area contributed by atoms with E-state index in [-0.39, 0.29) is 26.2 Å². The molecule has 0 nitrogen and oxygen atoms in total. The summed E-state index contributed by atoms with van der Waals surface area (Å²) >= 11 is 0. The maximum atomic E-state index is 14.6. The van der Waals surface area contributed by atoms with Crippen molar-refractivity contribution in [1.29, 1.82) is 0 Å². The monoisotopic (exact) mass is 516 g/mol. The van der Waals surface area contributed by atoms with Crippen LogP contribution in [0, 0.1) is 11.9 Å². The molecule has 4 rings (SSSR count). The Hall–Kier alpha value is -1.75. The second-order valence-electron chi connectivity index (χ2n) is 6.94. The molecule has 1 aliphatic carbocycles. The average Bonchev–Trinajstić information content (AvgIpc) is 2.69. The molecule has 0 unspecified atom stereocenters. The van der Waals surface area contributed by atoms with Crippen LogP contribution in [0.1, 0.15) is 43.6 Å². The SMILES string of the molecule is Fc1cc(-c2ccc(C3CCCCC3)cc2)ccc1-c1cc[c-]cc1.[Re]. The molecule has 1 saturated carbocycles. The van der Waals surface area contributed by atoms with Gasteiger partial charge in [0.1, 0.15) is 5.82 Å². The van der Waals surface area contributed by atoms with Gasteiger partial charge in [-0.25, -0.2) is 4.39 Å².